The standard InChI is InChI=1S/C14H21FN2O2S/c1-11-5-6-13(15)8-14(11)16-9-12-4-3-7-17(10-12)20(2,18)19/h5-6,8,12,16H,3-4,7,9-10H2,1-2H3. The molecular weight excluding hydrogens is 279 g/mol. The van der Waals surface area contributed by atoms with Crippen molar-refractivity contribution in [3.05, 3.63) is 29.6 Å². The number of nitrogens with one attached hydrogen (secondary N) is 1. The Morgan fingerprint density at radius 2 is 2.20 bits per heavy atom. The number of halogens is 1. The van der Waals surface area contributed by atoms with Gasteiger partial charge in [-0.15, -0.1) is 0 Å². The van der Waals surface area contributed by atoms with Gasteiger partial charge in [0.2, 0.25) is 10.0 Å². The van der Waals surface area contributed by atoms with Crippen LogP contribution in [0.15, 0.2) is 18.2 Å². The van der Waals surface area contributed by atoms with Gasteiger partial charge in [-0.25, -0.2) is 17.1 Å². The molecule has 1 atom stereocenters. The highest BCUT2D eigenvalue weighted by Crippen LogP contribution is 2.21. The lowest BCUT2D eigenvalue weighted by atomic mass is 9.99. The number of piperidine rings is 1. The predicted octanol–water partition coefficient (Wildman–Crippen LogP) is 2.22. The van der Waals surface area contributed by atoms with Crippen LogP contribution in [0.3, 0.4) is 0 Å². The molecule has 0 amide bonds. The SMILES string of the molecule is Cc1ccc(F)cc1NCC1CCCN(S(C)(=O)=O)C1. The summed E-state index contributed by atoms with van der Waals surface area (Å²) in [5.41, 5.74) is 1.77. The number of benzene rings is 1. The number of anilines is 1. The van der Waals surface area contributed by atoms with Gasteiger partial charge in [-0.05, 0) is 43.4 Å². The Morgan fingerprint density at radius 3 is 2.90 bits per heavy atom. The first kappa shape index (κ1) is 15.3. The van der Waals surface area contributed by atoms with Gasteiger partial charge in [0.15, 0.2) is 0 Å². The fraction of sp³-hybridized carbons (Fsp3) is 0.571. The zero-order chi connectivity index (χ0) is 14.8. The molecule has 0 radical (unpaired) electrons. The minimum Gasteiger partial charge on any atom is -0.384 e. The third-order valence-electron chi connectivity index (χ3n) is 3.73. The summed E-state index contributed by atoms with van der Waals surface area (Å²) in [6.45, 7) is 3.73. The van der Waals surface area contributed by atoms with Gasteiger partial charge in [0, 0.05) is 25.3 Å². The molecule has 1 aliphatic heterocycles. The van der Waals surface area contributed by atoms with Gasteiger partial charge in [-0.2, -0.15) is 0 Å². The van der Waals surface area contributed by atoms with E-state index in [1.165, 1.54) is 22.7 Å². The maximum atomic E-state index is 13.2. The average Bonchev–Trinajstić information content (AvgIpc) is 2.39. The van der Waals surface area contributed by atoms with Crippen LogP contribution in [0.5, 0.6) is 0 Å². The van der Waals surface area contributed by atoms with Crippen LogP contribution >= 0.6 is 0 Å². The Hall–Kier alpha value is -1.14. The molecule has 1 heterocycles. The van der Waals surface area contributed by atoms with E-state index in [1.54, 1.807) is 6.07 Å². The van der Waals surface area contributed by atoms with Crippen molar-refractivity contribution in [1.82, 2.24) is 4.31 Å². The molecule has 1 fully saturated rings. The first-order valence-corrected chi connectivity index (χ1v) is 8.66. The Morgan fingerprint density at radius 1 is 1.45 bits per heavy atom. The summed E-state index contributed by atoms with van der Waals surface area (Å²) in [4.78, 5) is 0. The van der Waals surface area contributed by atoms with Gasteiger partial charge in [-0.3, -0.25) is 0 Å². The third kappa shape index (κ3) is 3.93. The Kier molecular flexibility index (Phi) is 4.65. The van der Waals surface area contributed by atoms with Gasteiger partial charge in [0.25, 0.3) is 0 Å². The normalized spacial score (nSPS) is 20.9. The molecular formula is C14H21FN2O2S. The molecule has 0 spiro atoms. The van der Waals surface area contributed by atoms with E-state index in [0.29, 0.717) is 19.6 Å². The second-order valence-corrected chi connectivity index (χ2v) is 7.45. The fourth-order valence-corrected chi connectivity index (χ4v) is 3.48. The van der Waals surface area contributed by atoms with Gasteiger partial charge in [0.05, 0.1) is 6.26 Å². The molecule has 4 nitrogen and oxygen atoms in total. The lowest BCUT2D eigenvalue weighted by Crippen LogP contribution is -2.41. The van der Waals surface area contributed by atoms with Gasteiger partial charge >= 0.3 is 0 Å². The Bertz CT molecular complexity index is 575. The van der Waals surface area contributed by atoms with Crippen LogP contribution in [0.1, 0.15) is 18.4 Å². The number of nitrogens with zero attached hydrogens (tertiary/aromatic N) is 1. The second kappa shape index (κ2) is 6.10. The molecule has 1 aromatic carbocycles. The van der Waals surface area contributed by atoms with E-state index in [-0.39, 0.29) is 11.7 Å². The summed E-state index contributed by atoms with van der Waals surface area (Å²) < 4.78 is 37.9. The van der Waals surface area contributed by atoms with Crippen LogP contribution < -0.4 is 5.32 Å². The zero-order valence-electron chi connectivity index (χ0n) is 11.9. The summed E-state index contributed by atoms with van der Waals surface area (Å²) in [7, 11) is -3.11. The minimum absolute atomic E-state index is 0.264. The quantitative estimate of drug-likeness (QED) is 0.927. The summed E-state index contributed by atoms with van der Waals surface area (Å²) in [6, 6.07) is 4.65. The van der Waals surface area contributed by atoms with E-state index in [0.717, 1.165) is 24.1 Å². The van der Waals surface area contributed by atoms with Crippen LogP contribution in [0.2, 0.25) is 0 Å². The molecule has 1 unspecified atom stereocenters. The van der Waals surface area contributed by atoms with Crippen LogP contribution in [0, 0.1) is 18.7 Å². The van der Waals surface area contributed by atoms with Crippen molar-refractivity contribution in [1.29, 1.82) is 0 Å². The molecule has 0 aromatic heterocycles. The summed E-state index contributed by atoms with van der Waals surface area (Å²) in [5.74, 6) is 0.000601. The van der Waals surface area contributed by atoms with Crippen molar-refractivity contribution in [2.75, 3.05) is 31.2 Å². The molecule has 0 saturated carbocycles. The molecule has 6 heteroatoms. The monoisotopic (exact) mass is 300 g/mol. The van der Waals surface area contributed by atoms with Gasteiger partial charge in [0.1, 0.15) is 5.82 Å². The lowest BCUT2D eigenvalue weighted by molar-refractivity contribution is 0.277. The summed E-state index contributed by atoms with van der Waals surface area (Å²) in [5, 5.41) is 3.23. The Balaban J connectivity index is 1.95. The zero-order valence-corrected chi connectivity index (χ0v) is 12.7. The minimum atomic E-state index is -3.11. The molecule has 2 rings (SSSR count). The van der Waals surface area contributed by atoms with E-state index in [2.05, 4.69) is 5.32 Å². The summed E-state index contributed by atoms with van der Waals surface area (Å²) in [6.07, 6.45) is 3.12. The first-order chi connectivity index (χ1) is 9.36. The number of hydrogen-bond donors (Lipinski definition) is 1. The van der Waals surface area contributed by atoms with E-state index in [9.17, 15) is 12.8 Å². The van der Waals surface area contributed by atoms with Crippen molar-refractivity contribution in [3.63, 3.8) is 0 Å². The van der Waals surface area contributed by atoms with Crippen LogP contribution in [0.4, 0.5) is 10.1 Å². The third-order valence-corrected chi connectivity index (χ3v) is 5.00. The number of aryl methyl sites for hydroxylation is 1. The van der Waals surface area contributed by atoms with Gasteiger partial charge < -0.3 is 5.32 Å². The van der Waals surface area contributed by atoms with Crippen molar-refractivity contribution in [2.45, 2.75) is 19.8 Å². The van der Waals surface area contributed by atoms with Crippen LogP contribution in [0.25, 0.3) is 0 Å². The highest BCUT2D eigenvalue weighted by atomic mass is 32.2. The average molecular weight is 300 g/mol. The van der Waals surface area contributed by atoms with Crippen molar-refractivity contribution >= 4 is 15.7 Å². The number of rotatable bonds is 4. The molecule has 0 bridgehead atoms. The van der Waals surface area contributed by atoms with E-state index < -0.39 is 10.0 Å². The molecule has 0 aliphatic carbocycles. The predicted molar refractivity (Wildman–Crippen MR) is 78.8 cm³/mol. The first-order valence-electron chi connectivity index (χ1n) is 6.81. The second-order valence-electron chi connectivity index (χ2n) is 5.47. The highest BCUT2D eigenvalue weighted by molar-refractivity contribution is 7.88. The molecule has 1 N–H and O–H groups in total. The molecule has 112 valence electrons. The van der Waals surface area contributed by atoms with Crippen molar-refractivity contribution in [2.24, 2.45) is 5.92 Å². The number of sulfonamides is 1. The maximum Gasteiger partial charge on any atom is 0.211 e. The molecule has 20 heavy (non-hydrogen) atoms. The van der Waals surface area contributed by atoms with Crippen LogP contribution in [-0.4, -0.2) is 38.6 Å². The molecule has 1 aromatic rings. The Labute approximate surface area is 120 Å². The lowest BCUT2D eigenvalue weighted by Gasteiger charge is -2.31. The van der Waals surface area contributed by atoms with Crippen molar-refractivity contribution < 1.29 is 12.8 Å². The molecule has 1 saturated heterocycles. The van der Waals surface area contributed by atoms with Gasteiger partial charge in [-0.1, -0.05) is 6.07 Å². The maximum absolute atomic E-state index is 13.2. The number of hydrogen-bond acceptors (Lipinski definition) is 3. The smallest absolute Gasteiger partial charge is 0.211 e. The van der Waals surface area contributed by atoms with E-state index in [4.69, 9.17) is 0 Å². The highest BCUT2D eigenvalue weighted by Gasteiger charge is 2.25. The topological polar surface area (TPSA) is 49.4 Å². The largest absolute Gasteiger partial charge is 0.384 e. The molecule has 1 aliphatic rings. The van der Waals surface area contributed by atoms with E-state index in [1.807, 2.05) is 6.92 Å². The van der Waals surface area contributed by atoms with Crippen LogP contribution in [-0.2, 0) is 10.0 Å². The summed E-state index contributed by atoms with van der Waals surface area (Å²) >= 11 is 0. The van der Waals surface area contributed by atoms with Crippen molar-refractivity contribution in [3.8, 4) is 0 Å². The fourth-order valence-electron chi connectivity index (χ4n) is 2.53. The van der Waals surface area contributed by atoms with E-state index >= 15 is 0 Å².